The van der Waals surface area contributed by atoms with Crippen LogP contribution in [0.25, 0.3) is 10.9 Å². The molecule has 3 aromatic rings. The Kier molecular flexibility index (Phi) is 4.17. The Labute approximate surface area is 157 Å². The van der Waals surface area contributed by atoms with Crippen LogP contribution in [0.1, 0.15) is 46.9 Å². The molecular weight excluding hydrogens is 345 g/mol. The smallest absolute Gasteiger partial charge is 0.340 e. The molecule has 0 saturated heterocycles. The molecule has 4 nitrogen and oxygen atoms in total. The fraction of sp³-hybridized carbons (Fsp3) is 0.318. The van der Waals surface area contributed by atoms with E-state index in [9.17, 15) is 9.18 Å². The van der Waals surface area contributed by atoms with Crippen LogP contribution < -0.4 is 4.74 Å². The summed E-state index contributed by atoms with van der Waals surface area (Å²) in [4.78, 5) is 15.4. The van der Waals surface area contributed by atoms with Gasteiger partial charge in [-0.3, -0.25) is 0 Å². The van der Waals surface area contributed by atoms with Crippen LogP contribution in [0, 0.1) is 5.82 Å². The van der Waals surface area contributed by atoms with E-state index in [1.807, 2.05) is 18.2 Å². The highest BCUT2D eigenvalue weighted by atomic mass is 19.1. The highest BCUT2D eigenvalue weighted by Gasteiger charge is 2.42. The van der Waals surface area contributed by atoms with E-state index in [4.69, 9.17) is 9.47 Å². The number of halogens is 1. The zero-order valence-corrected chi connectivity index (χ0v) is 15.7. The largest absolute Gasteiger partial charge is 0.497 e. The molecule has 27 heavy (non-hydrogen) atoms. The van der Waals surface area contributed by atoms with Crippen molar-refractivity contribution in [2.24, 2.45) is 0 Å². The number of fused-ring (bicyclic) bond motifs is 1. The third-order valence-corrected chi connectivity index (χ3v) is 5.57. The first-order chi connectivity index (χ1) is 13.0. The summed E-state index contributed by atoms with van der Waals surface area (Å²) in [5.74, 6) is -0.395. The van der Waals surface area contributed by atoms with Crippen LogP contribution in [-0.4, -0.2) is 25.2 Å². The van der Waals surface area contributed by atoms with Crippen molar-refractivity contribution < 1.29 is 18.7 Å². The van der Waals surface area contributed by atoms with Gasteiger partial charge in [0, 0.05) is 34.5 Å². The van der Waals surface area contributed by atoms with Gasteiger partial charge in [0.25, 0.3) is 0 Å². The lowest BCUT2D eigenvalue weighted by atomic mass is 9.94. The molecule has 1 fully saturated rings. The number of H-pyrrole nitrogens is 1. The first-order valence-electron chi connectivity index (χ1n) is 9.01. The quantitative estimate of drug-likeness (QED) is 0.663. The molecular formula is C22H22FNO3. The van der Waals surface area contributed by atoms with Crippen molar-refractivity contribution in [3.8, 4) is 5.75 Å². The molecule has 1 aliphatic rings. The predicted molar refractivity (Wildman–Crippen MR) is 102 cm³/mol. The molecule has 0 bridgehead atoms. The first-order valence-corrected chi connectivity index (χ1v) is 9.01. The van der Waals surface area contributed by atoms with Gasteiger partial charge in [-0.05, 0) is 42.2 Å². The van der Waals surface area contributed by atoms with E-state index in [0.29, 0.717) is 12.0 Å². The number of rotatable bonds is 5. The number of carbonyl (C=O) groups excluding carboxylic acids is 1. The van der Waals surface area contributed by atoms with Gasteiger partial charge < -0.3 is 14.5 Å². The van der Waals surface area contributed by atoms with Gasteiger partial charge in [0.05, 0.1) is 19.8 Å². The van der Waals surface area contributed by atoms with Gasteiger partial charge in [-0.1, -0.05) is 19.1 Å². The van der Waals surface area contributed by atoms with Crippen molar-refractivity contribution in [2.75, 3.05) is 14.2 Å². The molecule has 2 aromatic carbocycles. The van der Waals surface area contributed by atoms with Crippen molar-refractivity contribution in [1.29, 1.82) is 0 Å². The number of methoxy groups -OCH3 is 2. The molecule has 1 N–H and O–H groups in total. The molecule has 0 unspecified atom stereocenters. The minimum atomic E-state index is -0.660. The average molecular weight is 367 g/mol. The second-order valence-corrected chi connectivity index (χ2v) is 7.40. The normalized spacial score (nSPS) is 15.0. The second kappa shape index (κ2) is 6.41. The number of aromatic amines is 1. The Morgan fingerprint density at radius 1 is 1.22 bits per heavy atom. The molecule has 0 amide bonds. The molecule has 4 rings (SSSR count). The summed E-state index contributed by atoms with van der Waals surface area (Å²) in [6, 6.07) is 10.8. The molecule has 0 aliphatic heterocycles. The van der Waals surface area contributed by atoms with Crippen LogP contribution in [0.15, 0.2) is 36.4 Å². The Balaban J connectivity index is 1.83. The maximum atomic E-state index is 14.9. The average Bonchev–Trinajstić information content (AvgIpc) is 3.32. The number of hydrogen-bond donors (Lipinski definition) is 1. The van der Waals surface area contributed by atoms with Crippen molar-refractivity contribution in [1.82, 2.24) is 4.98 Å². The monoisotopic (exact) mass is 367 g/mol. The van der Waals surface area contributed by atoms with Gasteiger partial charge in [0.2, 0.25) is 0 Å². The Bertz CT molecular complexity index is 1030. The van der Waals surface area contributed by atoms with Crippen molar-refractivity contribution in [3.63, 3.8) is 0 Å². The summed E-state index contributed by atoms with van der Waals surface area (Å²) in [6.07, 6.45) is 2.62. The molecule has 0 atom stereocenters. The van der Waals surface area contributed by atoms with Crippen molar-refractivity contribution in [3.05, 3.63) is 64.6 Å². The fourth-order valence-electron chi connectivity index (χ4n) is 3.67. The molecule has 1 aromatic heterocycles. The number of aromatic nitrogens is 1. The first kappa shape index (κ1) is 17.6. The van der Waals surface area contributed by atoms with Crippen molar-refractivity contribution in [2.45, 2.75) is 31.6 Å². The lowest BCUT2D eigenvalue weighted by Crippen LogP contribution is -2.09. The van der Waals surface area contributed by atoms with Gasteiger partial charge >= 0.3 is 5.97 Å². The number of carbonyl (C=O) groups is 1. The molecule has 1 heterocycles. The number of hydrogen-bond acceptors (Lipinski definition) is 3. The predicted octanol–water partition coefficient (Wildman–Crippen LogP) is 4.74. The lowest BCUT2D eigenvalue weighted by molar-refractivity contribution is 0.0595. The minimum absolute atomic E-state index is 0.0318. The Morgan fingerprint density at radius 2 is 2.00 bits per heavy atom. The van der Waals surface area contributed by atoms with Gasteiger partial charge in [-0.15, -0.1) is 0 Å². The second-order valence-electron chi connectivity index (χ2n) is 7.40. The lowest BCUT2D eigenvalue weighted by Gasteiger charge is -2.12. The summed E-state index contributed by atoms with van der Waals surface area (Å²) in [5, 5.41) is 1.06. The Morgan fingerprint density at radius 3 is 2.67 bits per heavy atom. The topological polar surface area (TPSA) is 51.3 Å². The van der Waals surface area contributed by atoms with E-state index < -0.39 is 11.8 Å². The molecule has 0 radical (unpaired) electrons. The summed E-state index contributed by atoms with van der Waals surface area (Å²) in [5.41, 5.74) is 3.76. The molecule has 0 spiro atoms. The highest BCUT2D eigenvalue weighted by molar-refractivity contribution is 5.90. The van der Waals surface area contributed by atoms with Crippen LogP contribution in [0.5, 0.6) is 5.75 Å². The van der Waals surface area contributed by atoms with E-state index in [0.717, 1.165) is 40.8 Å². The zero-order chi connectivity index (χ0) is 19.2. The molecule has 1 aliphatic carbocycles. The van der Waals surface area contributed by atoms with Gasteiger partial charge in [-0.25, -0.2) is 9.18 Å². The highest BCUT2D eigenvalue weighted by Crippen LogP contribution is 2.50. The number of ether oxygens (including phenoxy) is 2. The van der Waals surface area contributed by atoms with E-state index in [2.05, 4.69) is 11.9 Å². The fourth-order valence-corrected chi connectivity index (χ4v) is 3.67. The maximum Gasteiger partial charge on any atom is 0.340 e. The third-order valence-electron chi connectivity index (χ3n) is 5.57. The molecule has 140 valence electrons. The maximum absolute atomic E-state index is 14.9. The van der Waals surface area contributed by atoms with Crippen LogP contribution in [-0.2, 0) is 16.6 Å². The summed E-state index contributed by atoms with van der Waals surface area (Å²) < 4.78 is 25.0. The number of benzene rings is 2. The summed E-state index contributed by atoms with van der Waals surface area (Å²) in [7, 11) is 2.90. The summed E-state index contributed by atoms with van der Waals surface area (Å²) >= 11 is 0. The van der Waals surface area contributed by atoms with E-state index in [1.54, 1.807) is 19.2 Å². The molecule has 1 saturated carbocycles. The van der Waals surface area contributed by atoms with Crippen LogP contribution in [0.3, 0.4) is 0 Å². The molecule has 5 heteroatoms. The SMILES string of the molecule is COC(=O)c1cccc(Cc2c(C3(C)CC3)[nH]c3cc(OC)ccc23)c1F. The van der Waals surface area contributed by atoms with E-state index >= 15 is 0 Å². The number of esters is 1. The van der Waals surface area contributed by atoms with Gasteiger partial charge in [-0.2, -0.15) is 0 Å². The van der Waals surface area contributed by atoms with Crippen molar-refractivity contribution >= 4 is 16.9 Å². The third kappa shape index (κ3) is 2.97. The van der Waals surface area contributed by atoms with Gasteiger partial charge in [0.1, 0.15) is 11.6 Å². The summed E-state index contributed by atoms with van der Waals surface area (Å²) in [6.45, 7) is 2.22. The number of nitrogens with one attached hydrogen (secondary N) is 1. The van der Waals surface area contributed by atoms with Crippen LogP contribution in [0.4, 0.5) is 4.39 Å². The van der Waals surface area contributed by atoms with E-state index in [1.165, 1.54) is 13.2 Å². The van der Waals surface area contributed by atoms with Crippen LogP contribution >= 0.6 is 0 Å². The van der Waals surface area contributed by atoms with Crippen LogP contribution in [0.2, 0.25) is 0 Å². The van der Waals surface area contributed by atoms with E-state index in [-0.39, 0.29) is 11.0 Å². The standard InChI is InChI=1S/C22H22FNO3/c1-22(9-10-22)20-17(15-8-7-14(26-2)12-18(15)24-20)11-13-5-4-6-16(19(13)23)21(25)27-3/h4-8,12,24H,9-11H2,1-3H3. The Hall–Kier alpha value is -2.82. The minimum Gasteiger partial charge on any atom is -0.497 e. The van der Waals surface area contributed by atoms with Gasteiger partial charge in [0.15, 0.2) is 0 Å². The zero-order valence-electron chi connectivity index (χ0n) is 15.7.